The molecule has 0 amide bonds. The lowest BCUT2D eigenvalue weighted by molar-refractivity contribution is 0.210. The van der Waals surface area contributed by atoms with Crippen LogP contribution >= 0.6 is 24.0 Å². The fourth-order valence-electron chi connectivity index (χ4n) is 3.19. The number of aliphatic imine (C=N–C) groups is 1. The predicted molar refractivity (Wildman–Crippen MR) is 113 cm³/mol. The third-order valence-corrected chi connectivity index (χ3v) is 4.58. The highest BCUT2D eigenvalue weighted by Crippen LogP contribution is 2.13. The molecule has 0 radical (unpaired) electrons. The van der Waals surface area contributed by atoms with E-state index < -0.39 is 0 Å². The van der Waals surface area contributed by atoms with Crippen molar-refractivity contribution in [3.63, 3.8) is 0 Å². The molecule has 1 atom stereocenters. The first-order chi connectivity index (χ1) is 10.8. The number of piperidine rings is 1. The third-order valence-electron chi connectivity index (χ3n) is 4.58. The molecule has 5 heteroatoms. The van der Waals surface area contributed by atoms with Crippen LogP contribution in [-0.4, -0.2) is 51.1 Å². The van der Waals surface area contributed by atoms with Crippen LogP contribution < -0.4 is 10.6 Å². The Kier molecular flexibility index (Phi) is 15.5. The molecule has 0 spiro atoms. The zero-order valence-electron chi connectivity index (χ0n) is 15.6. The summed E-state index contributed by atoms with van der Waals surface area (Å²) < 4.78 is 0. The molecular weight excluding hydrogens is 399 g/mol. The summed E-state index contributed by atoms with van der Waals surface area (Å²) in [5, 5.41) is 6.94. The highest BCUT2D eigenvalue weighted by molar-refractivity contribution is 14.0. The van der Waals surface area contributed by atoms with Crippen molar-refractivity contribution in [3.05, 3.63) is 0 Å². The molecule has 1 rings (SSSR count). The quantitative estimate of drug-likeness (QED) is 0.236. The number of guanidine groups is 1. The minimum Gasteiger partial charge on any atom is -0.356 e. The van der Waals surface area contributed by atoms with Crippen LogP contribution in [-0.2, 0) is 0 Å². The van der Waals surface area contributed by atoms with Crippen LogP contribution in [0.3, 0.4) is 0 Å². The van der Waals surface area contributed by atoms with E-state index in [2.05, 4.69) is 34.5 Å². The molecule has 0 bridgehead atoms. The van der Waals surface area contributed by atoms with Crippen LogP contribution in [0.2, 0.25) is 0 Å². The van der Waals surface area contributed by atoms with Crippen molar-refractivity contribution in [1.29, 1.82) is 0 Å². The molecule has 0 aromatic heterocycles. The first-order valence-electron chi connectivity index (χ1n) is 9.39. The molecule has 23 heavy (non-hydrogen) atoms. The largest absolute Gasteiger partial charge is 0.356 e. The van der Waals surface area contributed by atoms with Gasteiger partial charge in [0.2, 0.25) is 0 Å². The molecule has 1 heterocycles. The second-order valence-electron chi connectivity index (χ2n) is 6.77. The van der Waals surface area contributed by atoms with Crippen molar-refractivity contribution in [3.8, 4) is 0 Å². The van der Waals surface area contributed by atoms with Crippen LogP contribution in [0.4, 0.5) is 0 Å². The molecule has 1 unspecified atom stereocenters. The average molecular weight is 438 g/mol. The van der Waals surface area contributed by atoms with E-state index in [4.69, 9.17) is 0 Å². The number of hydrogen-bond donors (Lipinski definition) is 2. The zero-order chi connectivity index (χ0) is 16.0. The molecule has 1 saturated heterocycles. The Morgan fingerprint density at radius 3 is 2.43 bits per heavy atom. The minimum atomic E-state index is 0. The average Bonchev–Trinajstić information content (AvgIpc) is 2.53. The van der Waals surface area contributed by atoms with Crippen LogP contribution in [0.15, 0.2) is 4.99 Å². The van der Waals surface area contributed by atoms with Gasteiger partial charge in [0, 0.05) is 26.7 Å². The van der Waals surface area contributed by atoms with Gasteiger partial charge in [-0.15, -0.1) is 24.0 Å². The first-order valence-corrected chi connectivity index (χ1v) is 9.39. The topological polar surface area (TPSA) is 39.7 Å². The SMILES string of the molecule is CCCCCCCCCNC(=NC)NCC1CCCN(C)C1.I. The zero-order valence-corrected chi connectivity index (χ0v) is 17.9. The lowest BCUT2D eigenvalue weighted by Gasteiger charge is -2.30. The summed E-state index contributed by atoms with van der Waals surface area (Å²) >= 11 is 0. The number of unbranched alkanes of at least 4 members (excludes halogenated alkanes) is 6. The second-order valence-corrected chi connectivity index (χ2v) is 6.77. The molecule has 1 fully saturated rings. The molecule has 1 aliphatic rings. The van der Waals surface area contributed by atoms with Gasteiger partial charge < -0.3 is 15.5 Å². The van der Waals surface area contributed by atoms with Gasteiger partial charge in [-0.3, -0.25) is 4.99 Å². The van der Waals surface area contributed by atoms with Gasteiger partial charge in [-0.1, -0.05) is 45.4 Å². The Morgan fingerprint density at radius 2 is 1.78 bits per heavy atom. The van der Waals surface area contributed by atoms with E-state index in [0.717, 1.165) is 25.0 Å². The van der Waals surface area contributed by atoms with Gasteiger partial charge in [-0.25, -0.2) is 0 Å². The van der Waals surface area contributed by atoms with Crippen LogP contribution in [0, 0.1) is 5.92 Å². The number of nitrogens with one attached hydrogen (secondary N) is 2. The molecular formula is C18H39IN4. The normalized spacial score (nSPS) is 19.3. The molecule has 138 valence electrons. The first kappa shape index (κ1) is 23.0. The Labute approximate surface area is 161 Å². The fraction of sp³-hybridized carbons (Fsp3) is 0.944. The summed E-state index contributed by atoms with van der Waals surface area (Å²) in [5.41, 5.74) is 0. The Morgan fingerprint density at radius 1 is 1.09 bits per heavy atom. The minimum absolute atomic E-state index is 0. The van der Waals surface area contributed by atoms with E-state index in [1.54, 1.807) is 0 Å². The second kappa shape index (κ2) is 15.5. The van der Waals surface area contributed by atoms with Crippen molar-refractivity contribution in [1.82, 2.24) is 15.5 Å². The standard InChI is InChI=1S/C18H38N4.HI/c1-4-5-6-7-8-9-10-13-20-18(19-2)21-15-17-12-11-14-22(3)16-17;/h17H,4-16H2,1-3H3,(H2,19,20,21);1H. The number of rotatable bonds is 10. The highest BCUT2D eigenvalue weighted by atomic mass is 127. The fourth-order valence-corrected chi connectivity index (χ4v) is 3.19. The summed E-state index contributed by atoms with van der Waals surface area (Å²) in [7, 11) is 4.09. The maximum Gasteiger partial charge on any atom is 0.190 e. The number of halogens is 1. The van der Waals surface area contributed by atoms with Gasteiger partial charge in [0.1, 0.15) is 0 Å². The van der Waals surface area contributed by atoms with Gasteiger partial charge in [0.05, 0.1) is 0 Å². The monoisotopic (exact) mass is 438 g/mol. The molecule has 0 aromatic rings. The van der Waals surface area contributed by atoms with Gasteiger partial charge in [0.15, 0.2) is 5.96 Å². The smallest absolute Gasteiger partial charge is 0.190 e. The summed E-state index contributed by atoms with van der Waals surface area (Å²) in [6.07, 6.45) is 12.2. The number of hydrogen-bond acceptors (Lipinski definition) is 2. The highest BCUT2D eigenvalue weighted by Gasteiger charge is 2.16. The molecule has 0 aliphatic carbocycles. The van der Waals surface area contributed by atoms with Gasteiger partial charge in [-0.05, 0) is 38.8 Å². The molecule has 4 nitrogen and oxygen atoms in total. The predicted octanol–water partition coefficient (Wildman–Crippen LogP) is 3.86. The number of likely N-dealkylation sites (tertiary alicyclic amines) is 1. The lowest BCUT2D eigenvalue weighted by atomic mass is 9.99. The Hall–Kier alpha value is -0.0400. The van der Waals surface area contributed by atoms with Crippen molar-refractivity contribution >= 4 is 29.9 Å². The van der Waals surface area contributed by atoms with Crippen LogP contribution in [0.5, 0.6) is 0 Å². The van der Waals surface area contributed by atoms with Crippen molar-refractivity contribution in [2.75, 3.05) is 40.3 Å². The van der Waals surface area contributed by atoms with E-state index >= 15 is 0 Å². The lowest BCUT2D eigenvalue weighted by Crippen LogP contribution is -2.43. The van der Waals surface area contributed by atoms with Gasteiger partial charge >= 0.3 is 0 Å². The summed E-state index contributed by atoms with van der Waals surface area (Å²) in [4.78, 5) is 6.77. The maximum atomic E-state index is 4.33. The van der Waals surface area contributed by atoms with Crippen LogP contribution in [0.1, 0.15) is 64.7 Å². The van der Waals surface area contributed by atoms with Gasteiger partial charge in [0.25, 0.3) is 0 Å². The van der Waals surface area contributed by atoms with Crippen molar-refractivity contribution in [2.24, 2.45) is 10.9 Å². The van der Waals surface area contributed by atoms with Gasteiger partial charge in [-0.2, -0.15) is 0 Å². The molecule has 1 aliphatic heterocycles. The van der Waals surface area contributed by atoms with Crippen molar-refractivity contribution < 1.29 is 0 Å². The van der Waals surface area contributed by atoms with E-state index in [-0.39, 0.29) is 24.0 Å². The number of nitrogens with zero attached hydrogens (tertiary/aromatic N) is 2. The molecule has 2 N–H and O–H groups in total. The Balaban J connectivity index is 0.00000484. The van der Waals surface area contributed by atoms with Crippen LogP contribution in [0.25, 0.3) is 0 Å². The Bertz CT molecular complexity index is 297. The maximum absolute atomic E-state index is 4.33. The molecule has 0 aromatic carbocycles. The van der Waals surface area contributed by atoms with E-state index in [1.165, 1.54) is 70.9 Å². The summed E-state index contributed by atoms with van der Waals surface area (Å²) in [6.45, 7) is 6.82. The summed E-state index contributed by atoms with van der Waals surface area (Å²) in [6, 6.07) is 0. The van der Waals surface area contributed by atoms with E-state index in [1.807, 2.05) is 7.05 Å². The van der Waals surface area contributed by atoms with E-state index in [0.29, 0.717) is 0 Å². The van der Waals surface area contributed by atoms with Crippen molar-refractivity contribution in [2.45, 2.75) is 64.7 Å². The molecule has 0 saturated carbocycles. The third kappa shape index (κ3) is 12.0. The van der Waals surface area contributed by atoms with E-state index in [9.17, 15) is 0 Å². The summed E-state index contributed by atoms with van der Waals surface area (Å²) in [5.74, 6) is 1.73.